The Labute approximate surface area is 215 Å². The second kappa shape index (κ2) is 11.0. The molecule has 0 radical (unpaired) electrons. The van der Waals surface area contributed by atoms with E-state index < -0.39 is 15.4 Å². The third-order valence-electron chi connectivity index (χ3n) is 6.67. The first kappa shape index (κ1) is 25.5. The van der Waals surface area contributed by atoms with Crippen LogP contribution in [-0.2, 0) is 14.8 Å². The van der Waals surface area contributed by atoms with Crippen molar-refractivity contribution in [3.05, 3.63) is 58.0 Å². The number of ether oxygens (including phenoxy) is 1. The van der Waals surface area contributed by atoms with E-state index >= 15 is 0 Å². The lowest BCUT2D eigenvalue weighted by Gasteiger charge is -2.42. The van der Waals surface area contributed by atoms with Crippen molar-refractivity contribution in [3.63, 3.8) is 0 Å². The van der Waals surface area contributed by atoms with E-state index in [9.17, 15) is 13.2 Å². The molecule has 2 aliphatic heterocycles. The van der Waals surface area contributed by atoms with Gasteiger partial charge in [0.15, 0.2) is 0 Å². The average Bonchev–Trinajstić information content (AvgIpc) is 2.85. The standard InChI is InChI=1S/C25H30BrClN2O4S/c26-20-5-11-23(12-6-20)34(31,32)29-16-4-13-25(18-29,17-24(30)28-14-2-1-3-15-28)19-33-22-9-7-21(27)8-10-22/h5-12H,1-4,13-19H2/t25-/m1/s1. The van der Waals surface area contributed by atoms with Crippen molar-refractivity contribution in [1.29, 1.82) is 0 Å². The smallest absolute Gasteiger partial charge is 0.243 e. The van der Waals surface area contributed by atoms with Gasteiger partial charge in [-0.1, -0.05) is 27.5 Å². The fourth-order valence-corrected chi connectivity index (χ4v) is 6.76. The molecule has 0 spiro atoms. The Kier molecular flexibility index (Phi) is 8.23. The van der Waals surface area contributed by atoms with E-state index in [1.165, 1.54) is 4.31 Å². The van der Waals surface area contributed by atoms with Crippen molar-refractivity contribution in [3.8, 4) is 5.75 Å². The number of likely N-dealkylation sites (tertiary alicyclic amines) is 1. The van der Waals surface area contributed by atoms with Crippen molar-refractivity contribution < 1.29 is 17.9 Å². The summed E-state index contributed by atoms with van der Waals surface area (Å²) in [5.74, 6) is 0.740. The van der Waals surface area contributed by atoms with Gasteiger partial charge in [0.1, 0.15) is 5.75 Å². The molecule has 2 heterocycles. The largest absolute Gasteiger partial charge is 0.493 e. The van der Waals surface area contributed by atoms with Crippen LogP contribution in [-0.4, -0.2) is 56.3 Å². The molecule has 1 atom stereocenters. The van der Waals surface area contributed by atoms with E-state index in [0.717, 1.165) is 43.2 Å². The Morgan fingerprint density at radius 1 is 0.971 bits per heavy atom. The van der Waals surface area contributed by atoms with Crippen molar-refractivity contribution in [1.82, 2.24) is 9.21 Å². The summed E-state index contributed by atoms with van der Waals surface area (Å²) >= 11 is 9.36. The van der Waals surface area contributed by atoms with Gasteiger partial charge in [0.2, 0.25) is 15.9 Å². The van der Waals surface area contributed by atoms with Gasteiger partial charge >= 0.3 is 0 Å². The molecule has 4 rings (SSSR count). The van der Waals surface area contributed by atoms with Crippen molar-refractivity contribution >= 4 is 43.5 Å². The number of amides is 1. The molecule has 0 saturated carbocycles. The second-order valence-corrected chi connectivity index (χ2v) is 12.5. The lowest BCUT2D eigenvalue weighted by Crippen LogP contribution is -2.51. The summed E-state index contributed by atoms with van der Waals surface area (Å²) in [4.78, 5) is 15.5. The molecule has 0 unspecified atom stereocenters. The normalized spacial score (nSPS) is 21.9. The van der Waals surface area contributed by atoms with E-state index in [2.05, 4.69) is 15.9 Å². The number of hydrogen-bond acceptors (Lipinski definition) is 4. The molecule has 0 N–H and O–H groups in total. The summed E-state index contributed by atoms with van der Waals surface area (Å²) in [5, 5.41) is 0.617. The first-order valence-corrected chi connectivity index (χ1v) is 14.3. The van der Waals surface area contributed by atoms with Crippen LogP contribution in [0.4, 0.5) is 0 Å². The molecule has 2 aromatic rings. The van der Waals surface area contributed by atoms with E-state index in [1.807, 2.05) is 4.90 Å². The minimum absolute atomic E-state index is 0.0855. The van der Waals surface area contributed by atoms with E-state index in [1.54, 1.807) is 48.5 Å². The van der Waals surface area contributed by atoms with Crippen LogP contribution in [0.1, 0.15) is 38.5 Å². The quantitative estimate of drug-likeness (QED) is 0.451. The predicted molar refractivity (Wildman–Crippen MR) is 137 cm³/mol. The van der Waals surface area contributed by atoms with Gasteiger partial charge in [0, 0.05) is 47.5 Å². The van der Waals surface area contributed by atoms with Crippen LogP contribution >= 0.6 is 27.5 Å². The van der Waals surface area contributed by atoms with Gasteiger partial charge in [-0.05, 0) is 80.6 Å². The van der Waals surface area contributed by atoms with Gasteiger partial charge in [0.25, 0.3) is 0 Å². The zero-order valence-corrected chi connectivity index (χ0v) is 22.2. The van der Waals surface area contributed by atoms with Crippen molar-refractivity contribution in [2.24, 2.45) is 5.41 Å². The molecule has 1 amide bonds. The summed E-state index contributed by atoms with van der Waals surface area (Å²) in [6.45, 7) is 2.49. The van der Waals surface area contributed by atoms with Gasteiger partial charge in [-0.2, -0.15) is 4.31 Å². The van der Waals surface area contributed by atoms with Crippen molar-refractivity contribution in [2.45, 2.75) is 43.4 Å². The van der Waals surface area contributed by atoms with Crippen LogP contribution in [0.2, 0.25) is 5.02 Å². The Bertz CT molecular complexity index is 1090. The third-order valence-corrected chi connectivity index (χ3v) is 9.31. The zero-order valence-electron chi connectivity index (χ0n) is 19.1. The summed E-state index contributed by atoms with van der Waals surface area (Å²) in [7, 11) is -3.68. The summed E-state index contributed by atoms with van der Waals surface area (Å²) in [6.07, 6.45) is 4.86. The van der Waals surface area contributed by atoms with Crippen LogP contribution in [0.5, 0.6) is 5.75 Å². The number of carbonyl (C=O) groups is 1. The maximum atomic E-state index is 13.4. The van der Waals surface area contributed by atoms with Gasteiger partial charge in [0.05, 0.1) is 11.5 Å². The van der Waals surface area contributed by atoms with E-state index in [4.69, 9.17) is 16.3 Å². The number of benzene rings is 2. The highest BCUT2D eigenvalue weighted by Crippen LogP contribution is 2.38. The Morgan fingerprint density at radius 3 is 2.32 bits per heavy atom. The molecule has 9 heteroatoms. The molecule has 34 heavy (non-hydrogen) atoms. The molecule has 2 aromatic carbocycles. The lowest BCUT2D eigenvalue weighted by atomic mass is 9.78. The highest BCUT2D eigenvalue weighted by atomic mass is 79.9. The van der Waals surface area contributed by atoms with Crippen LogP contribution < -0.4 is 4.74 Å². The number of sulfonamides is 1. The monoisotopic (exact) mass is 568 g/mol. The lowest BCUT2D eigenvalue weighted by molar-refractivity contribution is -0.136. The zero-order chi connectivity index (χ0) is 24.2. The molecule has 2 fully saturated rings. The third kappa shape index (κ3) is 6.14. The molecular formula is C25H30BrClN2O4S. The van der Waals surface area contributed by atoms with E-state index in [-0.39, 0.29) is 30.4 Å². The first-order valence-electron chi connectivity index (χ1n) is 11.7. The summed E-state index contributed by atoms with van der Waals surface area (Å²) in [6, 6.07) is 13.8. The maximum Gasteiger partial charge on any atom is 0.243 e. The molecule has 184 valence electrons. The fraction of sp³-hybridized carbons (Fsp3) is 0.480. The molecule has 6 nitrogen and oxygen atoms in total. The highest BCUT2D eigenvalue weighted by Gasteiger charge is 2.43. The van der Waals surface area contributed by atoms with Gasteiger partial charge < -0.3 is 9.64 Å². The van der Waals surface area contributed by atoms with Crippen LogP contribution in [0.15, 0.2) is 57.9 Å². The van der Waals surface area contributed by atoms with E-state index in [0.29, 0.717) is 23.7 Å². The van der Waals surface area contributed by atoms with Crippen LogP contribution in [0.3, 0.4) is 0 Å². The minimum Gasteiger partial charge on any atom is -0.493 e. The predicted octanol–water partition coefficient (Wildman–Crippen LogP) is 5.36. The molecule has 0 bridgehead atoms. The first-order chi connectivity index (χ1) is 16.3. The second-order valence-electron chi connectivity index (χ2n) is 9.26. The van der Waals surface area contributed by atoms with Gasteiger partial charge in [-0.3, -0.25) is 4.79 Å². The average molecular weight is 570 g/mol. The number of piperidine rings is 2. The number of nitrogens with zero attached hydrogens (tertiary/aromatic N) is 2. The van der Waals surface area contributed by atoms with Crippen LogP contribution in [0, 0.1) is 5.41 Å². The summed E-state index contributed by atoms with van der Waals surface area (Å²) in [5.41, 5.74) is -0.602. The molecule has 2 aliphatic rings. The Hall–Kier alpha value is -1.61. The Morgan fingerprint density at radius 2 is 1.65 bits per heavy atom. The Balaban J connectivity index is 1.57. The summed E-state index contributed by atoms with van der Waals surface area (Å²) < 4.78 is 35.4. The minimum atomic E-state index is -3.68. The molecule has 0 aliphatic carbocycles. The molecular weight excluding hydrogens is 540 g/mol. The van der Waals surface area contributed by atoms with Gasteiger partial charge in [-0.25, -0.2) is 8.42 Å². The maximum absolute atomic E-state index is 13.4. The van der Waals surface area contributed by atoms with Crippen molar-refractivity contribution in [2.75, 3.05) is 32.8 Å². The number of halogens is 2. The highest BCUT2D eigenvalue weighted by molar-refractivity contribution is 9.10. The number of hydrogen-bond donors (Lipinski definition) is 0. The SMILES string of the molecule is O=C(C[C@]1(COc2ccc(Cl)cc2)CCCN(S(=O)(=O)c2ccc(Br)cc2)C1)N1CCCCC1. The number of rotatable bonds is 7. The molecule has 0 aromatic heterocycles. The van der Waals surface area contributed by atoms with Gasteiger partial charge in [-0.15, -0.1) is 0 Å². The number of carbonyl (C=O) groups excluding carboxylic acids is 1. The topological polar surface area (TPSA) is 66.9 Å². The van der Waals surface area contributed by atoms with Crippen LogP contribution in [0.25, 0.3) is 0 Å². The molecule has 2 saturated heterocycles. The fourth-order valence-electron chi connectivity index (χ4n) is 4.78.